The van der Waals surface area contributed by atoms with Gasteiger partial charge in [-0.25, -0.2) is 4.68 Å². The average Bonchev–Trinajstić information content (AvgIpc) is 3.11. The Bertz CT molecular complexity index is 795. The van der Waals surface area contributed by atoms with Gasteiger partial charge in [0.15, 0.2) is 0 Å². The Kier molecular flexibility index (Phi) is 5.02. The predicted octanol–water partition coefficient (Wildman–Crippen LogP) is 2.33. The minimum absolute atomic E-state index is 0. The number of halogens is 1. The van der Waals surface area contributed by atoms with E-state index in [4.69, 9.17) is 15.0 Å². The second kappa shape index (κ2) is 6.80. The van der Waals surface area contributed by atoms with Gasteiger partial charge in [0, 0.05) is 19.2 Å². The lowest BCUT2D eigenvalue weighted by molar-refractivity contribution is 0.371. The largest absolute Gasteiger partial charge is 0.481 e. The SMILES string of the molecule is COc1c(-c2nc(-c3ccc(CN)cc3)no2)c(C)nn1C.Cl. The summed E-state index contributed by atoms with van der Waals surface area (Å²) in [6, 6.07) is 7.73. The second-order valence-electron chi connectivity index (χ2n) is 4.92. The Labute approximate surface area is 139 Å². The lowest BCUT2D eigenvalue weighted by Crippen LogP contribution is -1.95. The first kappa shape index (κ1) is 17.0. The molecule has 0 fully saturated rings. The van der Waals surface area contributed by atoms with Gasteiger partial charge in [-0.2, -0.15) is 10.1 Å². The monoisotopic (exact) mass is 335 g/mol. The van der Waals surface area contributed by atoms with E-state index in [-0.39, 0.29) is 12.4 Å². The maximum Gasteiger partial charge on any atom is 0.265 e. The maximum absolute atomic E-state index is 5.60. The summed E-state index contributed by atoms with van der Waals surface area (Å²) in [4.78, 5) is 4.45. The molecule has 0 amide bonds. The van der Waals surface area contributed by atoms with Crippen LogP contribution in [0.3, 0.4) is 0 Å². The summed E-state index contributed by atoms with van der Waals surface area (Å²) in [6.07, 6.45) is 0. The summed E-state index contributed by atoms with van der Waals surface area (Å²) in [6.45, 7) is 2.38. The molecule has 0 unspecified atom stereocenters. The molecule has 0 bridgehead atoms. The molecule has 0 aliphatic heterocycles. The molecule has 8 heteroatoms. The normalized spacial score (nSPS) is 10.4. The quantitative estimate of drug-likeness (QED) is 0.786. The molecule has 7 nitrogen and oxygen atoms in total. The first-order chi connectivity index (χ1) is 10.6. The highest BCUT2D eigenvalue weighted by molar-refractivity contribution is 5.85. The highest BCUT2D eigenvalue weighted by atomic mass is 35.5. The van der Waals surface area contributed by atoms with Crippen molar-refractivity contribution < 1.29 is 9.26 Å². The van der Waals surface area contributed by atoms with Crippen molar-refractivity contribution in [3.05, 3.63) is 35.5 Å². The number of nitrogens with two attached hydrogens (primary N) is 1. The Morgan fingerprint density at radius 2 is 1.96 bits per heavy atom. The third-order valence-corrected chi connectivity index (χ3v) is 3.45. The molecule has 3 rings (SSSR count). The molecule has 122 valence electrons. The second-order valence-corrected chi connectivity index (χ2v) is 4.92. The number of hydrogen-bond acceptors (Lipinski definition) is 6. The lowest BCUT2D eigenvalue weighted by atomic mass is 10.1. The van der Waals surface area contributed by atoms with Gasteiger partial charge in [-0.3, -0.25) is 0 Å². The van der Waals surface area contributed by atoms with E-state index in [9.17, 15) is 0 Å². The van der Waals surface area contributed by atoms with Crippen molar-refractivity contribution >= 4 is 12.4 Å². The number of aryl methyl sites for hydroxylation is 2. The highest BCUT2D eigenvalue weighted by Gasteiger charge is 2.22. The van der Waals surface area contributed by atoms with E-state index >= 15 is 0 Å². The minimum Gasteiger partial charge on any atom is -0.481 e. The van der Waals surface area contributed by atoms with Crippen LogP contribution in [0.4, 0.5) is 0 Å². The zero-order chi connectivity index (χ0) is 15.7. The number of methoxy groups -OCH3 is 1. The maximum atomic E-state index is 5.60. The van der Waals surface area contributed by atoms with Crippen LogP contribution in [0, 0.1) is 6.92 Å². The molecular formula is C15H18ClN5O2. The van der Waals surface area contributed by atoms with Gasteiger partial charge in [-0.1, -0.05) is 29.4 Å². The molecule has 0 saturated heterocycles. The van der Waals surface area contributed by atoms with E-state index in [0.29, 0.717) is 29.7 Å². The van der Waals surface area contributed by atoms with Gasteiger partial charge in [0.05, 0.1) is 12.8 Å². The number of aromatic nitrogens is 4. The number of rotatable bonds is 4. The Balaban J connectivity index is 0.00000192. The van der Waals surface area contributed by atoms with E-state index in [0.717, 1.165) is 16.8 Å². The highest BCUT2D eigenvalue weighted by Crippen LogP contribution is 2.32. The zero-order valence-electron chi connectivity index (χ0n) is 13.1. The predicted molar refractivity (Wildman–Crippen MR) is 88.4 cm³/mol. The lowest BCUT2D eigenvalue weighted by Gasteiger charge is -2.00. The van der Waals surface area contributed by atoms with Crippen LogP contribution in [0.5, 0.6) is 5.88 Å². The van der Waals surface area contributed by atoms with E-state index < -0.39 is 0 Å². The fourth-order valence-electron chi connectivity index (χ4n) is 2.35. The fraction of sp³-hybridized carbons (Fsp3) is 0.267. The van der Waals surface area contributed by atoms with Gasteiger partial charge in [0.1, 0.15) is 5.56 Å². The molecule has 2 aromatic heterocycles. The van der Waals surface area contributed by atoms with Crippen LogP contribution in [0.2, 0.25) is 0 Å². The van der Waals surface area contributed by atoms with Crippen LogP contribution in [0.15, 0.2) is 28.8 Å². The molecule has 0 saturated carbocycles. The third kappa shape index (κ3) is 3.06. The molecule has 0 radical (unpaired) electrons. The number of benzene rings is 1. The number of nitrogens with zero attached hydrogens (tertiary/aromatic N) is 4. The van der Waals surface area contributed by atoms with Crippen molar-refractivity contribution in [3.8, 4) is 28.7 Å². The van der Waals surface area contributed by atoms with Crippen molar-refractivity contribution in [2.45, 2.75) is 13.5 Å². The molecule has 0 atom stereocenters. The van der Waals surface area contributed by atoms with Gasteiger partial charge in [-0.15, -0.1) is 12.4 Å². The standard InChI is InChI=1S/C15H17N5O2.ClH/c1-9-12(15(21-3)20(2)18-9)14-17-13(19-22-14)11-6-4-10(8-16)5-7-11;/h4-7H,8,16H2,1-3H3;1H. The average molecular weight is 336 g/mol. The van der Waals surface area contributed by atoms with Gasteiger partial charge < -0.3 is 15.0 Å². The topological polar surface area (TPSA) is 92.0 Å². The van der Waals surface area contributed by atoms with E-state index in [1.807, 2.05) is 31.2 Å². The zero-order valence-corrected chi connectivity index (χ0v) is 13.9. The first-order valence-electron chi connectivity index (χ1n) is 6.85. The van der Waals surface area contributed by atoms with Crippen molar-refractivity contribution in [1.29, 1.82) is 0 Å². The number of hydrogen-bond donors (Lipinski definition) is 1. The Morgan fingerprint density at radius 1 is 1.26 bits per heavy atom. The Hall–Kier alpha value is -2.38. The van der Waals surface area contributed by atoms with E-state index in [1.165, 1.54) is 0 Å². The summed E-state index contributed by atoms with van der Waals surface area (Å²) < 4.78 is 12.4. The van der Waals surface area contributed by atoms with Crippen molar-refractivity contribution in [2.75, 3.05) is 7.11 Å². The molecule has 3 aromatic rings. The van der Waals surface area contributed by atoms with Gasteiger partial charge in [0.2, 0.25) is 11.7 Å². The summed E-state index contributed by atoms with van der Waals surface area (Å²) in [5.41, 5.74) is 9.00. The van der Waals surface area contributed by atoms with Crippen LogP contribution >= 0.6 is 12.4 Å². The molecule has 2 N–H and O–H groups in total. The van der Waals surface area contributed by atoms with Gasteiger partial charge >= 0.3 is 0 Å². The minimum atomic E-state index is 0. The van der Waals surface area contributed by atoms with Crippen molar-refractivity contribution in [2.24, 2.45) is 12.8 Å². The summed E-state index contributed by atoms with van der Waals surface area (Å²) in [5, 5.41) is 8.35. The Morgan fingerprint density at radius 3 is 2.57 bits per heavy atom. The molecular weight excluding hydrogens is 318 g/mol. The third-order valence-electron chi connectivity index (χ3n) is 3.45. The number of ether oxygens (including phenoxy) is 1. The fourth-order valence-corrected chi connectivity index (χ4v) is 2.35. The summed E-state index contributed by atoms with van der Waals surface area (Å²) in [5.74, 6) is 1.50. The molecule has 0 aliphatic rings. The van der Waals surface area contributed by atoms with Crippen LogP contribution in [0.25, 0.3) is 22.8 Å². The van der Waals surface area contributed by atoms with Crippen LogP contribution in [-0.4, -0.2) is 27.0 Å². The van der Waals surface area contributed by atoms with E-state index in [2.05, 4.69) is 15.2 Å². The molecule has 0 spiro atoms. The van der Waals surface area contributed by atoms with Crippen LogP contribution in [-0.2, 0) is 13.6 Å². The molecule has 0 aliphatic carbocycles. The van der Waals surface area contributed by atoms with Crippen LogP contribution in [0.1, 0.15) is 11.3 Å². The molecule has 23 heavy (non-hydrogen) atoms. The summed E-state index contributed by atoms with van der Waals surface area (Å²) in [7, 11) is 3.39. The van der Waals surface area contributed by atoms with Crippen molar-refractivity contribution in [1.82, 2.24) is 19.9 Å². The van der Waals surface area contributed by atoms with Crippen LogP contribution < -0.4 is 10.5 Å². The van der Waals surface area contributed by atoms with Gasteiger partial charge in [-0.05, 0) is 12.5 Å². The van der Waals surface area contributed by atoms with Gasteiger partial charge in [0.25, 0.3) is 5.89 Å². The van der Waals surface area contributed by atoms with E-state index in [1.54, 1.807) is 18.8 Å². The van der Waals surface area contributed by atoms with Crippen molar-refractivity contribution in [3.63, 3.8) is 0 Å². The first-order valence-corrected chi connectivity index (χ1v) is 6.85. The smallest absolute Gasteiger partial charge is 0.265 e. The molecule has 2 heterocycles. The molecule has 1 aromatic carbocycles. The summed E-state index contributed by atoms with van der Waals surface area (Å²) >= 11 is 0.